The minimum atomic E-state index is -0.541. The van der Waals surface area contributed by atoms with Gasteiger partial charge in [0.25, 0.3) is 0 Å². The molecule has 9 heteroatoms. The first kappa shape index (κ1) is 24.4. The zero-order valence-corrected chi connectivity index (χ0v) is 19.0. The molecule has 0 bridgehead atoms. The van der Waals surface area contributed by atoms with Crippen molar-refractivity contribution in [3.8, 4) is 0 Å². The number of nitrogens with one attached hydrogen (secondary N) is 1. The fourth-order valence-electron chi connectivity index (χ4n) is 3.42. The maximum atomic E-state index is 14.8. The summed E-state index contributed by atoms with van der Waals surface area (Å²) in [4.78, 5) is 24.7. The number of primary amides is 1. The van der Waals surface area contributed by atoms with E-state index in [1.54, 1.807) is 11.0 Å². The smallest absolute Gasteiger partial charge is 0.410 e. The van der Waals surface area contributed by atoms with E-state index in [1.807, 2.05) is 34.6 Å². The summed E-state index contributed by atoms with van der Waals surface area (Å²) in [5, 5.41) is 7.36. The summed E-state index contributed by atoms with van der Waals surface area (Å²) in [6.07, 6.45) is 1.08. The van der Waals surface area contributed by atoms with Gasteiger partial charge >= 0.3 is 6.09 Å². The monoisotopic (exact) mass is 436 g/mol. The second-order valence-electron chi connectivity index (χ2n) is 8.29. The van der Waals surface area contributed by atoms with Crippen molar-refractivity contribution < 1.29 is 23.2 Å². The molecule has 1 aliphatic heterocycles. The average molecular weight is 437 g/mol. The zero-order valence-electron chi connectivity index (χ0n) is 19.0. The van der Waals surface area contributed by atoms with Crippen molar-refractivity contribution in [3.63, 3.8) is 0 Å². The van der Waals surface area contributed by atoms with E-state index >= 15 is 0 Å². The first-order chi connectivity index (χ1) is 14.6. The first-order valence-electron chi connectivity index (χ1n) is 10.7. The van der Waals surface area contributed by atoms with Gasteiger partial charge in [0.2, 0.25) is 5.91 Å². The Balaban J connectivity index is 0.00000166. The van der Waals surface area contributed by atoms with Gasteiger partial charge in [0.15, 0.2) is 11.4 Å². The maximum absolute atomic E-state index is 14.8. The van der Waals surface area contributed by atoms with Crippen molar-refractivity contribution in [2.75, 3.05) is 25.0 Å². The van der Waals surface area contributed by atoms with Crippen LogP contribution in [0.2, 0.25) is 0 Å². The Hall–Kier alpha value is -2.84. The molecular weight excluding hydrogens is 403 g/mol. The van der Waals surface area contributed by atoms with Crippen LogP contribution < -0.4 is 11.1 Å². The van der Waals surface area contributed by atoms with Crippen molar-refractivity contribution in [3.05, 3.63) is 23.5 Å². The van der Waals surface area contributed by atoms with Crippen LogP contribution >= 0.6 is 0 Å². The van der Waals surface area contributed by atoms with E-state index in [-0.39, 0.29) is 24.2 Å². The van der Waals surface area contributed by atoms with Crippen LogP contribution in [0.15, 0.2) is 16.7 Å². The molecule has 8 nitrogen and oxygen atoms in total. The lowest BCUT2D eigenvalue weighted by molar-refractivity contribution is -0.117. The number of anilines is 1. The number of hydrogen-bond donors (Lipinski definition) is 2. The number of carbonyl (C=O) groups is 2. The number of aromatic nitrogens is 1. The number of hydrogen-bond acceptors (Lipinski definition) is 6. The van der Waals surface area contributed by atoms with E-state index in [2.05, 4.69) is 10.5 Å². The third-order valence-electron chi connectivity index (χ3n) is 4.84. The fraction of sp³-hybridized carbons (Fsp3) is 0.591. The van der Waals surface area contributed by atoms with E-state index in [4.69, 9.17) is 15.0 Å². The van der Waals surface area contributed by atoms with Gasteiger partial charge in [-0.05, 0) is 57.2 Å². The molecule has 0 radical (unpaired) electrons. The number of piperidine rings is 1. The van der Waals surface area contributed by atoms with Crippen molar-refractivity contribution in [2.24, 2.45) is 5.73 Å². The third kappa shape index (κ3) is 6.57. The van der Waals surface area contributed by atoms with Gasteiger partial charge in [-0.25, -0.2) is 9.18 Å². The van der Waals surface area contributed by atoms with E-state index in [0.717, 1.165) is 0 Å². The predicted octanol–water partition coefficient (Wildman–Crippen LogP) is 4.39. The number of amides is 2. The molecule has 1 aromatic heterocycles. The van der Waals surface area contributed by atoms with Crippen LogP contribution in [0.4, 0.5) is 15.0 Å². The molecule has 1 saturated heterocycles. The molecule has 31 heavy (non-hydrogen) atoms. The van der Waals surface area contributed by atoms with Crippen LogP contribution in [0.5, 0.6) is 0 Å². The van der Waals surface area contributed by atoms with Crippen LogP contribution in [-0.4, -0.2) is 47.3 Å². The molecule has 0 aliphatic carbocycles. The summed E-state index contributed by atoms with van der Waals surface area (Å²) in [5.41, 5.74) is 5.60. The standard InChI is InChI=1S/C20H27FN4O4.C2H6/c1-20(2,3)28-19(27)25-8-5-12(6-9-25)13-11-16-14(10-15(13)21)18(24-29-16)23-7-4-17(22)26;1-2/h10-12H,4-9H2,1-3H3,(H2,22,26)(H,23,24);1-2H3. The molecule has 0 saturated carbocycles. The van der Waals surface area contributed by atoms with Gasteiger partial charge in [-0.3, -0.25) is 4.79 Å². The number of nitrogens with two attached hydrogens (primary N) is 1. The number of carbonyl (C=O) groups excluding carboxylic acids is 2. The largest absolute Gasteiger partial charge is 0.444 e. The molecule has 172 valence electrons. The number of ether oxygens (including phenoxy) is 1. The Bertz CT molecular complexity index is 899. The highest BCUT2D eigenvalue weighted by atomic mass is 19.1. The summed E-state index contributed by atoms with van der Waals surface area (Å²) in [6, 6.07) is 3.07. The van der Waals surface area contributed by atoms with Crippen LogP contribution in [-0.2, 0) is 9.53 Å². The minimum absolute atomic E-state index is 0.0190. The summed E-state index contributed by atoms with van der Waals surface area (Å²) in [7, 11) is 0. The van der Waals surface area contributed by atoms with Gasteiger partial charge in [-0.2, -0.15) is 0 Å². The average Bonchev–Trinajstić information content (AvgIpc) is 3.09. The highest BCUT2D eigenvalue weighted by Crippen LogP contribution is 2.34. The number of nitrogens with zero attached hydrogens (tertiary/aromatic N) is 2. The highest BCUT2D eigenvalue weighted by Gasteiger charge is 2.29. The molecule has 2 amide bonds. The quantitative estimate of drug-likeness (QED) is 0.719. The zero-order chi connectivity index (χ0) is 23.2. The van der Waals surface area contributed by atoms with Crippen LogP contribution in [0, 0.1) is 5.82 Å². The first-order valence-corrected chi connectivity index (χ1v) is 10.7. The molecule has 0 atom stereocenters. The number of halogens is 1. The highest BCUT2D eigenvalue weighted by molar-refractivity contribution is 5.89. The molecule has 3 N–H and O–H groups in total. The van der Waals surface area contributed by atoms with E-state index in [1.165, 1.54) is 6.07 Å². The van der Waals surface area contributed by atoms with Gasteiger partial charge < -0.3 is 25.2 Å². The van der Waals surface area contributed by atoms with E-state index in [0.29, 0.717) is 54.8 Å². The molecule has 0 unspecified atom stereocenters. The molecule has 2 aromatic rings. The summed E-state index contributed by atoms with van der Waals surface area (Å²) in [6.45, 7) is 10.8. The van der Waals surface area contributed by atoms with E-state index in [9.17, 15) is 14.0 Å². The SMILES string of the molecule is CC.CC(C)(C)OC(=O)N1CCC(c2cc3onc(NCCC(N)=O)c3cc2F)CC1. The van der Waals surface area contributed by atoms with Gasteiger partial charge in [0, 0.05) is 26.1 Å². The van der Waals surface area contributed by atoms with Crippen molar-refractivity contribution in [2.45, 2.75) is 65.4 Å². The lowest BCUT2D eigenvalue weighted by Crippen LogP contribution is -2.41. The Labute approximate surface area is 182 Å². The lowest BCUT2D eigenvalue weighted by Gasteiger charge is -2.33. The van der Waals surface area contributed by atoms with Gasteiger partial charge in [0.05, 0.1) is 5.39 Å². The minimum Gasteiger partial charge on any atom is -0.444 e. The van der Waals surface area contributed by atoms with Crippen molar-refractivity contribution in [1.82, 2.24) is 10.1 Å². The second kappa shape index (κ2) is 10.5. The maximum Gasteiger partial charge on any atom is 0.410 e. The van der Waals surface area contributed by atoms with Gasteiger partial charge in [-0.15, -0.1) is 0 Å². The molecule has 3 rings (SSSR count). The van der Waals surface area contributed by atoms with Crippen LogP contribution in [0.3, 0.4) is 0 Å². The van der Waals surface area contributed by atoms with Gasteiger partial charge in [0.1, 0.15) is 11.4 Å². The summed E-state index contributed by atoms with van der Waals surface area (Å²) >= 11 is 0. The summed E-state index contributed by atoms with van der Waals surface area (Å²) in [5.74, 6) is -0.410. The Kier molecular flexibility index (Phi) is 8.24. The molecule has 0 spiro atoms. The summed E-state index contributed by atoms with van der Waals surface area (Å²) < 4.78 is 25.5. The van der Waals surface area contributed by atoms with E-state index < -0.39 is 11.5 Å². The lowest BCUT2D eigenvalue weighted by atomic mass is 9.88. The second-order valence-corrected chi connectivity index (χ2v) is 8.29. The van der Waals surface area contributed by atoms with Crippen molar-refractivity contribution in [1.29, 1.82) is 0 Å². The topological polar surface area (TPSA) is 111 Å². The molecule has 1 fully saturated rings. The number of likely N-dealkylation sites (tertiary alicyclic amines) is 1. The predicted molar refractivity (Wildman–Crippen MR) is 117 cm³/mol. The fourth-order valence-corrected chi connectivity index (χ4v) is 3.42. The van der Waals surface area contributed by atoms with Gasteiger partial charge in [-0.1, -0.05) is 19.0 Å². The number of rotatable bonds is 5. The van der Waals surface area contributed by atoms with Crippen molar-refractivity contribution >= 4 is 28.8 Å². The third-order valence-corrected chi connectivity index (χ3v) is 4.84. The number of fused-ring (bicyclic) bond motifs is 1. The van der Waals surface area contributed by atoms with Crippen LogP contribution in [0.25, 0.3) is 11.0 Å². The normalized spacial score (nSPS) is 14.7. The van der Waals surface area contributed by atoms with Crippen LogP contribution in [0.1, 0.15) is 65.4 Å². The Morgan fingerprint density at radius 3 is 2.52 bits per heavy atom. The molecule has 2 heterocycles. The molecule has 1 aliphatic rings. The Morgan fingerprint density at radius 1 is 1.29 bits per heavy atom. The Morgan fingerprint density at radius 2 is 1.94 bits per heavy atom. The molecular formula is C22H33FN4O4. The number of benzene rings is 1. The molecule has 1 aromatic carbocycles.